The highest BCUT2D eigenvalue weighted by molar-refractivity contribution is 7.19. The van der Waals surface area contributed by atoms with Gasteiger partial charge in [-0.3, -0.25) is 4.90 Å². The first kappa shape index (κ1) is 22.9. The quantitative estimate of drug-likeness (QED) is 0.411. The Hall–Kier alpha value is -2.56. The number of aromatic nitrogens is 3. The molecule has 0 aliphatic carbocycles. The van der Waals surface area contributed by atoms with Crippen molar-refractivity contribution < 1.29 is 4.74 Å². The predicted molar refractivity (Wildman–Crippen MR) is 143 cm³/mol. The molecule has 1 aromatic carbocycles. The number of thiophene rings is 1. The van der Waals surface area contributed by atoms with Gasteiger partial charge in [-0.25, -0.2) is 9.97 Å². The van der Waals surface area contributed by atoms with Gasteiger partial charge in [-0.2, -0.15) is 0 Å². The number of hydrogen-bond donors (Lipinski definition) is 2. The normalized spacial score (nSPS) is 18.1. The number of benzene rings is 1. The summed E-state index contributed by atoms with van der Waals surface area (Å²) in [7, 11) is 0. The Bertz CT molecular complexity index is 1290. The molecule has 0 saturated carbocycles. The fraction of sp³-hybridized carbons (Fsp3) is 0.462. The first-order chi connectivity index (χ1) is 17.3. The largest absolute Gasteiger partial charge is 0.378 e. The van der Waals surface area contributed by atoms with Gasteiger partial charge in [0.15, 0.2) is 11.6 Å². The molecule has 2 aliphatic heterocycles. The lowest BCUT2D eigenvalue weighted by Gasteiger charge is -2.34. The average Bonchev–Trinajstić information content (AvgIpc) is 3.55. The molecular formula is C26H33N7OS. The molecule has 2 fully saturated rings. The molecule has 8 nitrogen and oxygen atoms in total. The molecule has 0 unspecified atom stereocenters. The van der Waals surface area contributed by atoms with E-state index in [0.717, 1.165) is 112 Å². The molecule has 4 aromatic rings. The van der Waals surface area contributed by atoms with Gasteiger partial charge in [0.1, 0.15) is 0 Å². The third-order valence-corrected chi connectivity index (χ3v) is 8.18. The van der Waals surface area contributed by atoms with Crippen molar-refractivity contribution in [1.82, 2.24) is 24.8 Å². The zero-order chi connectivity index (χ0) is 23.6. The van der Waals surface area contributed by atoms with Crippen molar-refractivity contribution >= 4 is 38.3 Å². The smallest absolute Gasteiger partial charge is 0.162 e. The van der Waals surface area contributed by atoms with E-state index in [-0.39, 0.29) is 0 Å². The highest BCUT2D eigenvalue weighted by Crippen LogP contribution is 2.36. The van der Waals surface area contributed by atoms with Crippen LogP contribution in [0.25, 0.3) is 32.5 Å². The summed E-state index contributed by atoms with van der Waals surface area (Å²) in [4.78, 5) is 22.4. The van der Waals surface area contributed by atoms with Crippen LogP contribution in [0, 0.1) is 0 Å². The minimum atomic E-state index is 0.737. The molecule has 0 atom stereocenters. The molecule has 3 N–H and O–H groups in total. The Balaban J connectivity index is 1.32. The van der Waals surface area contributed by atoms with Crippen molar-refractivity contribution in [2.75, 3.05) is 70.5 Å². The molecule has 0 radical (unpaired) electrons. The third-order valence-electron chi connectivity index (χ3n) is 7.07. The van der Waals surface area contributed by atoms with Crippen molar-refractivity contribution in [3.63, 3.8) is 0 Å². The zero-order valence-corrected chi connectivity index (χ0v) is 20.9. The predicted octanol–water partition coefficient (Wildman–Crippen LogP) is 3.14. The number of nitrogens with two attached hydrogens (primary N) is 1. The fourth-order valence-electron chi connectivity index (χ4n) is 5.14. The lowest BCUT2D eigenvalue weighted by Crippen LogP contribution is -2.46. The first-order valence-corrected chi connectivity index (χ1v) is 13.4. The van der Waals surface area contributed by atoms with Gasteiger partial charge in [0.25, 0.3) is 0 Å². The molecule has 2 aliphatic rings. The minimum absolute atomic E-state index is 0.737. The maximum absolute atomic E-state index is 5.69. The highest BCUT2D eigenvalue weighted by Gasteiger charge is 2.22. The number of nitrogens with zero attached hydrogens (tertiary/aromatic N) is 5. The topological polar surface area (TPSA) is 86.5 Å². The van der Waals surface area contributed by atoms with E-state index in [1.54, 1.807) is 0 Å². The van der Waals surface area contributed by atoms with Crippen LogP contribution in [-0.2, 0) is 11.3 Å². The third kappa shape index (κ3) is 4.79. The molecule has 2 saturated heterocycles. The standard InChI is InChI=1S/C26H33N7OS/c27-6-2-8-31-9-11-32(12-10-31)18-19-17-23-24(35-19)26(33-13-15-34-16-14-33)30-25(29-23)21-3-1-4-22-20(21)5-7-28-22/h1,3-5,7,17,28H,2,6,8-16,18,27H2. The second-order valence-electron chi connectivity index (χ2n) is 9.40. The van der Waals surface area contributed by atoms with E-state index >= 15 is 0 Å². The fourth-order valence-corrected chi connectivity index (χ4v) is 6.29. The van der Waals surface area contributed by atoms with Crippen LogP contribution in [0.4, 0.5) is 5.82 Å². The number of rotatable bonds is 7. The van der Waals surface area contributed by atoms with Gasteiger partial charge in [-0.1, -0.05) is 12.1 Å². The molecule has 0 bridgehead atoms. The zero-order valence-electron chi connectivity index (χ0n) is 20.1. The maximum atomic E-state index is 5.69. The Morgan fingerprint density at radius 2 is 1.83 bits per heavy atom. The SMILES string of the molecule is NCCCN1CCN(Cc2cc3nc(-c4cccc5[nH]ccc45)nc(N4CCOCC4)c3s2)CC1. The van der Waals surface area contributed by atoms with Gasteiger partial charge in [0.2, 0.25) is 0 Å². The van der Waals surface area contributed by atoms with Crippen molar-refractivity contribution in [2.24, 2.45) is 5.73 Å². The van der Waals surface area contributed by atoms with Gasteiger partial charge in [-0.15, -0.1) is 11.3 Å². The van der Waals surface area contributed by atoms with Gasteiger partial charge in [0.05, 0.1) is 23.4 Å². The van der Waals surface area contributed by atoms with Crippen LogP contribution in [-0.4, -0.2) is 90.3 Å². The molecule has 0 spiro atoms. The Kier molecular flexibility index (Phi) is 6.67. The summed E-state index contributed by atoms with van der Waals surface area (Å²) >= 11 is 1.85. The number of aromatic amines is 1. The van der Waals surface area contributed by atoms with Crippen LogP contribution in [0.5, 0.6) is 0 Å². The van der Waals surface area contributed by atoms with Gasteiger partial charge in [0, 0.05) is 73.4 Å². The lowest BCUT2D eigenvalue weighted by atomic mass is 10.1. The van der Waals surface area contributed by atoms with Crippen LogP contribution in [0.3, 0.4) is 0 Å². The Morgan fingerprint density at radius 3 is 2.66 bits per heavy atom. The Morgan fingerprint density at radius 1 is 1.00 bits per heavy atom. The van der Waals surface area contributed by atoms with E-state index in [0.29, 0.717) is 0 Å². The van der Waals surface area contributed by atoms with E-state index < -0.39 is 0 Å². The first-order valence-electron chi connectivity index (χ1n) is 12.6. The van der Waals surface area contributed by atoms with Gasteiger partial charge < -0.3 is 25.3 Å². The molecule has 3 aromatic heterocycles. The van der Waals surface area contributed by atoms with E-state index in [4.69, 9.17) is 20.4 Å². The number of morpholine rings is 1. The van der Waals surface area contributed by atoms with Crippen molar-refractivity contribution in [3.8, 4) is 11.4 Å². The van der Waals surface area contributed by atoms with Crippen molar-refractivity contribution in [1.29, 1.82) is 0 Å². The Labute approximate surface area is 209 Å². The van der Waals surface area contributed by atoms with E-state index in [2.05, 4.69) is 50.0 Å². The summed E-state index contributed by atoms with van der Waals surface area (Å²) in [6.07, 6.45) is 3.06. The molecular weight excluding hydrogens is 458 g/mol. The van der Waals surface area contributed by atoms with Crippen LogP contribution in [0.1, 0.15) is 11.3 Å². The van der Waals surface area contributed by atoms with Gasteiger partial charge >= 0.3 is 0 Å². The number of fused-ring (bicyclic) bond motifs is 2. The summed E-state index contributed by atoms with van der Waals surface area (Å²) in [5, 5.41) is 1.16. The summed E-state index contributed by atoms with van der Waals surface area (Å²) in [5.41, 5.74) is 8.91. The molecule has 35 heavy (non-hydrogen) atoms. The van der Waals surface area contributed by atoms with Crippen LogP contribution in [0.2, 0.25) is 0 Å². The average molecular weight is 492 g/mol. The van der Waals surface area contributed by atoms with Crippen LogP contribution in [0.15, 0.2) is 36.5 Å². The molecule has 6 rings (SSSR count). The second kappa shape index (κ2) is 10.2. The molecule has 0 amide bonds. The monoisotopic (exact) mass is 491 g/mol. The van der Waals surface area contributed by atoms with Gasteiger partial charge in [-0.05, 0) is 37.7 Å². The number of anilines is 1. The second-order valence-corrected chi connectivity index (χ2v) is 10.5. The summed E-state index contributed by atoms with van der Waals surface area (Å²) in [5.74, 6) is 1.84. The van der Waals surface area contributed by atoms with Crippen molar-refractivity contribution in [3.05, 3.63) is 41.4 Å². The summed E-state index contributed by atoms with van der Waals surface area (Å²) in [6.45, 7) is 10.5. The number of hydrogen-bond acceptors (Lipinski definition) is 8. The molecule has 9 heteroatoms. The van der Waals surface area contributed by atoms with E-state index in [1.165, 1.54) is 9.58 Å². The van der Waals surface area contributed by atoms with E-state index in [9.17, 15) is 0 Å². The molecule has 5 heterocycles. The van der Waals surface area contributed by atoms with Crippen LogP contribution < -0.4 is 10.6 Å². The lowest BCUT2D eigenvalue weighted by molar-refractivity contribution is 0.122. The maximum Gasteiger partial charge on any atom is 0.162 e. The minimum Gasteiger partial charge on any atom is -0.378 e. The van der Waals surface area contributed by atoms with E-state index in [1.807, 2.05) is 17.5 Å². The van der Waals surface area contributed by atoms with Crippen LogP contribution >= 0.6 is 11.3 Å². The summed E-state index contributed by atoms with van der Waals surface area (Å²) in [6, 6.07) is 10.7. The molecule has 184 valence electrons. The number of piperazine rings is 1. The number of H-pyrrole nitrogens is 1. The number of ether oxygens (including phenoxy) is 1. The highest BCUT2D eigenvalue weighted by atomic mass is 32.1. The number of nitrogens with one attached hydrogen (secondary N) is 1. The van der Waals surface area contributed by atoms with Crippen molar-refractivity contribution in [2.45, 2.75) is 13.0 Å². The summed E-state index contributed by atoms with van der Waals surface area (Å²) < 4.78 is 6.82.